The molecular weight excluding hydrogens is 250 g/mol. The summed E-state index contributed by atoms with van der Waals surface area (Å²) < 4.78 is 9.53. The van der Waals surface area contributed by atoms with Gasteiger partial charge in [0, 0.05) is 12.7 Å². The number of Topliss-reactive ketones (excluding diaryl/α,β-unsaturated/α-hetero) is 1. The van der Waals surface area contributed by atoms with Crippen LogP contribution >= 0.6 is 0 Å². The van der Waals surface area contributed by atoms with Gasteiger partial charge in [0.1, 0.15) is 11.6 Å². The Morgan fingerprint density at radius 2 is 2.05 bits per heavy atom. The summed E-state index contributed by atoms with van der Waals surface area (Å²) in [4.78, 5) is 36.4. The van der Waals surface area contributed by atoms with Crippen molar-refractivity contribution >= 4 is 17.7 Å². The molecule has 6 heteroatoms. The molecule has 106 valence electrons. The van der Waals surface area contributed by atoms with Crippen molar-refractivity contribution in [3.63, 3.8) is 0 Å². The van der Waals surface area contributed by atoms with Crippen molar-refractivity contribution in [2.45, 2.75) is 32.7 Å². The number of nitrogens with zero attached hydrogens (tertiary/aromatic N) is 1. The number of likely N-dealkylation sites (tertiary alicyclic amines) is 1. The second-order valence-corrected chi connectivity index (χ2v) is 4.24. The Balaban J connectivity index is 2.92. The summed E-state index contributed by atoms with van der Waals surface area (Å²) in [6.07, 6.45) is 2.87. The third kappa shape index (κ3) is 3.81. The van der Waals surface area contributed by atoms with Crippen molar-refractivity contribution in [3.05, 3.63) is 11.8 Å². The zero-order valence-corrected chi connectivity index (χ0v) is 11.5. The summed E-state index contributed by atoms with van der Waals surface area (Å²) in [6, 6.07) is -0.436. The maximum absolute atomic E-state index is 11.7. The number of rotatable bonds is 5. The molecule has 0 spiro atoms. The second-order valence-electron chi connectivity index (χ2n) is 4.24. The summed E-state index contributed by atoms with van der Waals surface area (Å²) in [5.41, 5.74) is -0.0438. The number of ether oxygens (including phenoxy) is 2. The highest BCUT2D eigenvalue weighted by Crippen LogP contribution is 2.20. The van der Waals surface area contributed by atoms with Crippen LogP contribution in [0.15, 0.2) is 11.8 Å². The molecule has 0 radical (unpaired) electrons. The molecule has 1 rings (SSSR count). The van der Waals surface area contributed by atoms with Gasteiger partial charge in [0.25, 0.3) is 0 Å². The predicted molar refractivity (Wildman–Crippen MR) is 67.1 cm³/mol. The second kappa shape index (κ2) is 6.92. The topological polar surface area (TPSA) is 72.9 Å². The van der Waals surface area contributed by atoms with E-state index < -0.39 is 12.0 Å². The van der Waals surface area contributed by atoms with E-state index in [-0.39, 0.29) is 23.9 Å². The Hall–Kier alpha value is -1.85. The molecule has 1 aliphatic rings. The van der Waals surface area contributed by atoms with E-state index >= 15 is 0 Å². The number of esters is 2. The molecule has 0 aromatic rings. The van der Waals surface area contributed by atoms with Gasteiger partial charge in [0.15, 0.2) is 5.78 Å². The standard InChI is InChI=1S/C13H19NO5/c1-4-19-12(16)10(9(2)15)8-14-7-5-6-11(14)13(17)18-3/h8,11H,4-7H2,1-3H3/b10-8-/t11-/m0/s1. The van der Waals surface area contributed by atoms with Gasteiger partial charge in [0.2, 0.25) is 0 Å². The number of methoxy groups -OCH3 is 1. The maximum Gasteiger partial charge on any atom is 0.343 e. The van der Waals surface area contributed by atoms with Crippen molar-refractivity contribution < 1.29 is 23.9 Å². The highest BCUT2D eigenvalue weighted by atomic mass is 16.5. The van der Waals surface area contributed by atoms with Crippen LogP contribution in [-0.4, -0.2) is 48.9 Å². The molecule has 0 aromatic heterocycles. The van der Waals surface area contributed by atoms with Gasteiger partial charge in [-0.25, -0.2) is 9.59 Å². The largest absolute Gasteiger partial charge is 0.467 e. The maximum atomic E-state index is 11.7. The average Bonchev–Trinajstić information content (AvgIpc) is 2.82. The van der Waals surface area contributed by atoms with Gasteiger partial charge >= 0.3 is 11.9 Å². The third-order valence-electron chi connectivity index (χ3n) is 2.94. The first-order valence-corrected chi connectivity index (χ1v) is 6.24. The molecule has 1 atom stereocenters. The smallest absolute Gasteiger partial charge is 0.343 e. The normalized spacial score (nSPS) is 19.2. The lowest BCUT2D eigenvalue weighted by atomic mass is 10.2. The van der Waals surface area contributed by atoms with E-state index in [9.17, 15) is 14.4 Å². The first-order valence-electron chi connectivity index (χ1n) is 6.24. The molecule has 19 heavy (non-hydrogen) atoms. The minimum atomic E-state index is -0.662. The molecule has 1 aliphatic heterocycles. The fourth-order valence-corrected chi connectivity index (χ4v) is 1.99. The van der Waals surface area contributed by atoms with Crippen LogP contribution in [0.5, 0.6) is 0 Å². The average molecular weight is 269 g/mol. The molecule has 1 heterocycles. The molecule has 0 unspecified atom stereocenters. The molecule has 0 aromatic carbocycles. The van der Waals surface area contributed by atoms with Gasteiger partial charge in [0.05, 0.1) is 13.7 Å². The molecule has 0 aliphatic carbocycles. The van der Waals surface area contributed by atoms with Gasteiger partial charge in [-0.05, 0) is 26.7 Å². The Morgan fingerprint density at radius 1 is 1.37 bits per heavy atom. The van der Waals surface area contributed by atoms with E-state index in [4.69, 9.17) is 9.47 Å². The Morgan fingerprint density at radius 3 is 2.58 bits per heavy atom. The lowest BCUT2D eigenvalue weighted by Gasteiger charge is -2.21. The fraction of sp³-hybridized carbons (Fsp3) is 0.615. The quantitative estimate of drug-likeness (QED) is 0.316. The Labute approximate surface area is 112 Å². The Bertz CT molecular complexity index is 402. The van der Waals surface area contributed by atoms with Crippen molar-refractivity contribution in [1.82, 2.24) is 4.90 Å². The van der Waals surface area contributed by atoms with Crippen LogP contribution in [0.25, 0.3) is 0 Å². The highest BCUT2D eigenvalue weighted by Gasteiger charge is 2.31. The molecule has 1 fully saturated rings. The number of hydrogen-bond acceptors (Lipinski definition) is 6. The van der Waals surface area contributed by atoms with E-state index in [0.29, 0.717) is 13.0 Å². The van der Waals surface area contributed by atoms with Crippen molar-refractivity contribution in [2.24, 2.45) is 0 Å². The van der Waals surface area contributed by atoms with Crippen LogP contribution < -0.4 is 0 Å². The summed E-state index contributed by atoms with van der Waals surface area (Å²) in [7, 11) is 1.32. The van der Waals surface area contributed by atoms with Crippen molar-refractivity contribution in [1.29, 1.82) is 0 Å². The lowest BCUT2D eigenvalue weighted by Crippen LogP contribution is -2.34. The number of hydrogen-bond donors (Lipinski definition) is 0. The highest BCUT2D eigenvalue weighted by molar-refractivity contribution is 6.16. The van der Waals surface area contributed by atoms with E-state index in [0.717, 1.165) is 6.42 Å². The van der Waals surface area contributed by atoms with Gasteiger partial charge in [-0.1, -0.05) is 0 Å². The number of carbonyl (C=O) groups is 3. The van der Waals surface area contributed by atoms with Crippen LogP contribution in [0.3, 0.4) is 0 Å². The van der Waals surface area contributed by atoms with E-state index in [1.165, 1.54) is 20.2 Å². The van der Waals surface area contributed by atoms with Gasteiger partial charge in [-0.2, -0.15) is 0 Å². The van der Waals surface area contributed by atoms with E-state index in [1.54, 1.807) is 11.8 Å². The van der Waals surface area contributed by atoms with Crippen LogP contribution in [-0.2, 0) is 23.9 Å². The SMILES string of the molecule is CCOC(=O)/C(=C\N1CCC[C@H]1C(=O)OC)C(C)=O. The summed E-state index contributed by atoms with van der Waals surface area (Å²) in [6.45, 7) is 3.77. The van der Waals surface area contributed by atoms with Gasteiger partial charge in [-0.15, -0.1) is 0 Å². The van der Waals surface area contributed by atoms with Crippen molar-refractivity contribution in [2.75, 3.05) is 20.3 Å². The van der Waals surface area contributed by atoms with Crippen LogP contribution in [0.1, 0.15) is 26.7 Å². The summed E-state index contributed by atoms with van der Waals surface area (Å²) in [5.74, 6) is -1.40. The fourth-order valence-electron chi connectivity index (χ4n) is 1.99. The first-order chi connectivity index (χ1) is 9.01. The van der Waals surface area contributed by atoms with Crippen LogP contribution in [0, 0.1) is 0 Å². The zero-order chi connectivity index (χ0) is 14.4. The van der Waals surface area contributed by atoms with E-state index in [2.05, 4.69) is 0 Å². The zero-order valence-electron chi connectivity index (χ0n) is 11.5. The lowest BCUT2D eigenvalue weighted by molar-refractivity contribution is -0.145. The number of ketones is 1. The number of carbonyl (C=O) groups excluding carboxylic acids is 3. The predicted octanol–water partition coefficient (Wildman–Crippen LogP) is 0.660. The molecule has 0 N–H and O–H groups in total. The molecular formula is C13H19NO5. The van der Waals surface area contributed by atoms with Crippen molar-refractivity contribution in [3.8, 4) is 0 Å². The molecule has 6 nitrogen and oxygen atoms in total. The van der Waals surface area contributed by atoms with E-state index in [1.807, 2.05) is 0 Å². The summed E-state index contributed by atoms with van der Waals surface area (Å²) in [5, 5.41) is 0. The minimum absolute atomic E-state index is 0.0438. The molecule has 0 bridgehead atoms. The first kappa shape index (κ1) is 15.2. The molecule has 0 saturated carbocycles. The third-order valence-corrected chi connectivity index (χ3v) is 2.94. The van der Waals surface area contributed by atoms with Crippen LogP contribution in [0.2, 0.25) is 0 Å². The molecule has 0 amide bonds. The minimum Gasteiger partial charge on any atom is -0.467 e. The van der Waals surface area contributed by atoms with Gasteiger partial charge < -0.3 is 14.4 Å². The monoisotopic (exact) mass is 269 g/mol. The van der Waals surface area contributed by atoms with Crippen LogP contribution in [0.4, 0.5) is 0 Å². The van der Waals surface area contributed by atoms with Gasteiger partial charge in [-0.3, -0.25) is 4.79 Å². The molecule has 1 saturated heterocycles. The summed E-state index contributed by atoms with van der Waals surface area (Å²) >= 11 is 0. The Kier molecular flexibility index (Phi) is 5.54.